The van der Waals surface area contributed by atoms with Gasteiger partial charge in [-0.1, -0.05) is 22.6 Å². The van der Waals surface area contributed by atoms with Gasteiger partial charge >= 0.3 is 0 Å². The normalized spacial score (nSPS) is 12.3. The summed E-state index contributed by atoms with van der Waals surface area (Å²) >= 11 is 2.01. The van der Waals surface area contributed by atoms with E-state index in [-0.39, 0.29) is 4.05 Å². The maximum Gasteiger partial charge on any atom is 0.236 e. The topological polar surface area (TPSA) is 29.4 Å². The van der Waals surface area contributed by atoms with Crippen LogP contribution in [-0.4, -0.2) is 10.1 Å². The number of alkyl halides is 1. The van der Waals surface area contributed by atoms with E-state index in [0.29, 0.717) is 0 Å². The van der Waals surface area contributed by atoms with Crippen molar-refractivity contribution in [1.29, 1.82) is 0 Å². The van der Waals surface area contributed by atoms with Gasteiger partial charge in [-0.2, -0.15) is 4.99 Å². The minimum Gasteiger partial charge on any atom is -0.211 e. The number of hydrogen-bond acceptors (Lipinski definition) is 2. The van der Waals surface area contributed by atoms with Crippen molar-refractivity contribution in [3.8, 4) is 0 Å². The van der Waals surface area contributed by atoms with E-state index in [1.165, 1.54) is 6.08 Å². The number of rotatable bonds is 1. The molecule has 0 N–H and O–H groups in total. The zero-order valence-electron chi connectivity index (χ0n) is 3.31. The smallest absolute Gasteiger partial charge is 0.211 e. The van der Waals surface area contributed by atoms with E-state index in [2.05, 4.69) is 4.99 Å². The molecule has 0 saturated carbocycles. The van der Waals surface area contributed by atoms with Crippen LogP contribution in [0.4, 0.5) is 0 Å². The van der Waals surface area contributed by atoms with Gasteiger partial charge in [0.05, 0.1) is 0 Å². The Hall–Kier alpha value is 0.110. The zero-order chi connectivity index (χ0) is 4.99. The standard InChI is InChI=1S/C3H4INO/c1-3(4)5-2-6/h3H,1H3. The molecular weight excluding hydrogens is 193 g/mol. The second-order valence-corrected chi connectivity index (χ2v) is 2.60. The van der Waals surface area contributed by atoms with Crippen LogP contribution in [0.1, 0.15) is 6.92 Å². The highest BCUT2D eigenvalue weighted by atomic mass is 127. The van der Waals surface area contributed by atoms with Crippen molar-refractivity contribution in [2.45, 2.75) is 11.0 Å². The Morgan fingerprint density at radius 2 is 2.50 bits per heavy atom. The molecule has 0 aliphatic rings. The molecule has 2 nitrogen and oxygen atoms in total. The summed E-state index contributed by atoms with van der Waals surface area (Å²) in [5.74, 6) is 0. The average molecular weight is 197 g/mol. The van der Waals surface area contributed by atoms with E-state index in [0.717, 1.165) is 0 Å². The van der Waals surface area contributed by atoms with Gasteiger partial charge in [0.25, 0.3) is 0 Å². The predicted molar refractivity (Wildman–Crippen MR) is 31.6 cm³/mol. The van der Waals surface area contributed by atoms with Crippen LogP contribution in [0.25, 0.3) is 0 Å². The molecule has 0 fully saturated rings. The summed E-state index contributed by atoms with van der Waals surface area (Å²) in [5, 5.41) is 0. The molecule has 3 heteroatoms. The van der Waals surface area contributed by atoms with Crippen molar-refractivity contribution in [1.82, 2.24) is 0 Å². The van der Waals surface area contributed by atoms with E-state index >= 15 is 0 Å². The van der Waals surface area contributed by atoms with E-state index in [9.17, 15) is 4.79 Å². The Morgan fingerprint density at radius 1 is 2.00 bits per heavy atom. The molecule has 0 aliphatic heterocycles. The fourth-order valence-electron chi connectivity index (χ4n) is 0.0726. The largest absolute Gasteiger partial charge is 0.236 e. The second kappa shape index (κ2) is 3.31. The predicted octanol–water partition coefficient (Wildman–Crippen LogP) is 1.10. The van der Waals surface area contributed by atoms with Crippen LogP contribution >= 0.6 is 22.6 Å². The number of isocyanates is 1. The van der Waals surface area contributed by atoms with E-state index in [4.69, 9.17) is 0 Å². The summed E-state index contributed by atoms with van der Waals surface area (Å²) in [6.45, 7) is 1.81. The molecule has 0 spiro atoms. The maximum atomic E-state index is 9.32. The van der Waals surface area contributed by atoms with Crippen molar-refractivity contribution < 1.29 is 4.79 Å². The highest BCUT2D eigenvalue weighted by molar-refractivity contribution is 14.1. The number of nitrogens with zero attached hydrogens (tertiary/aromatic N) is 1. The highest BCUT2D eigenvalue weighted by Crippen LogP contribution is 1.95. The van der Waals surface area contributed by atoms with Crippen molar-refractivity contribution in [3.63, 3.8) is 0 Å². The molecule has 1 unspecified atom stereocenters. The van der Waals surface area contributed by atoms with Crippen LogP contribution in [0, 0.1) is 0 Å². The van der Waals surface area contributed by atoms with Crippen molar-refractivity contribution in [2.75, 3.05) is 0 Å². The van der Waals surface area contributed by atoms with Crippen LogP contribution < -0.4 is 0 Å². The number of carbonyl (C=O) groups excluding carboxylic acids is 1. The molecule has 0 aliphatic carbocycles. The van der Waals surface area contributed by atoms with E-state index in [1.807, 2.05) is 29.5 Å². The lowest BCUT2D eigenvalue weighted by Crippen LogP contribution is -1.76. The van der Waals surface area contributed by atoms with Crippen LogP contribution in [-0.2, 0) is 4.79 Å². The van der Waals surface area contributed by atoms with Gasteiger partial charge in [-0.15, -0.1) is 0 Å². The Morgan fingerprint density at radius 3 is 2.50 bits per heavy atom. The van der Waals surface area contributed by atoms with Gasteiger partial charge in [-0.05, 0) is 6.92 Å². The van der Waals surface area contributed by atoms with Crippen LogP contribution in [0.2, 0.25) is 0 Å². The van der Waals surface area contributed by atoms with Gasteiger partial charge in [-0.3, -0.25) is 0 Å². The minimum atomic E-state index is 0.0695. The van der Waals surface area contributed by atoms with Crippen molar-refractivity contribution in [3.05, 3.63) is 0 Å². The third kappa shape index (κ3) is 4.11. The molecule has 0 saturated heterocycles. The molecule has 0 aromatic heterocycles. The third-order valence-electron chi connectivity index (χ3n) is 0.231. The van der Waals surface area contributed by atoms with Gasteiger partial charge in [0.15, 0.2) is 0 Å². The summed E-state index contributed by atoms with van der Waals surface area (Å²) in [6.07, 6.45) is 1.43. The van der Waals surface area contributed by atoms with E-state index < -0.39 is 0 Å². The Balaban J connectivity index is 3.29. The summed E-state index contributed by atoms with van der Waals surface area (Å²) < 4.78 is 0.0695. The minimum absolute atomic E-state index is 0.0695. The van der Waals surface area contributed by atoms with Gasteiger partial charge in [-0.25, -0.2) is 4.79 Å². The van der Waals surface area contributed by atoms with Gasteiger partial charge < -0.3 is 0 Å². The quantitative estimate of drug-likeness (QED) is 0.203. The summed E-state index contributed by atoms with van der Waals surface area (Å²) in [5.41, 5.74) is 0. The van der Waals surface area contributed by atoms with E-state index in [1.54, 1.807) is 0 Å². The first-order valence-electron chi connectivity index (χ1n) is 1.48. The maximum absolute atomic E-state index is 9.32. The zero-order valence-corrected chi connectivity index (χ0v) is 5.47. The monoisotopic (exact) mass is 197 g/mol. The molecule has 0 aromatic carbocycles. The molecule has 6 heavy (non-hydrogen) atoms. The molecule has 0 bridgehead atoms. The first-order valence-corrected chi connectivity index (χ1v) is 2.73. The lowest BCUT2D eigenvalue weighted by Gasteiger charge is -1.79. The Labute approximate surface area is 49.8 Å². The SMILES string of the molecule is CC(I)N=C=O. The van der Waals surface area contributed by atoms with Gasteiger partial charge in [0.1, 0.15) is 4.05 Å². The summed E-state index contributed by atoms with van der Waals surface area (Å²) in [6, 6.07) is 0. The Bertz CT molecular complexity index is 74.9. The third-order valence-corrected chi connectivity index (χ3v) is 0.509. The molecule has 0 aromatic rings. The molecule has 0 rings (SSSR count). The number of halogens is 1. The highest BCUT2D eigenvalue weighted by Gasteiger charge is 1.81. The molecule has 1 atom stereocenters. The average Bonchev–Trinajstić information content (AvgIpc) is 1.35. The fraction of sp³-hybridized carbons (Fsp3) is 0.667. The number of aliphatic imine (C=N–C) groups is 1. The molecule has 0 heterocycles. The van der Waals surface area contributed by atoms with Gasteiger partial charge in [0.2, 0.25) is 6.08 Å². The van der Waals surface area contributed by atoms with Crippen molar-refractivity contribution >= 4 is 28.7 Å². The van der Waals surface area contributed by atoms with Gasteiger partial charge in [0, 0.05) is 0 Å². The molecule has 34 valence electrons. The second-order valence-electron chi connectivity index (χ2n) is 0.794. The fourth-order valence-corrected chi connectivity index (χ4v) is 0.186. The van der Waals surface area contributed by atoms with Crippen LogP contribution in [0.3, 0.4) is 0 Å². The molecule has 0 amide bonds. The van der Waals surface area contributed by atoms with Crippen LogP contribution in [0.15, 0.2) is 4.99 Å². The molecular formula is C3H4INO. The first kappa shape index (κ1) is 6.11. The lowest BCUT2D eigenvalue weighted by atomic mass is 10.8. The number of hydrogen-bond donors (Lipinski definition) is 0. The lowest BCUT2D eigenvalue weighted by molar-refractivity contribution is 0.563. The van der Waals surface area contributed by atoms with Crippen molar-refractivity contribution in [2.24, 2.45) is 4.99 Å². The molecule has 0 radical (unpaired) electrons. The summed E-state index contributed by atoms with van der Waals surface area (Å²) in [4.78, 5) is 12.6. The Kier molecular flexibility index (Phi) is 3.37. The van der Waals surface area contributed by atoms with Crippen LogP contribution in [0.5, 0.6) is 0 Å². The first-order chi connectivity index (χ1) is 2.77. The summed E-state index contributed by atoms with van der Waals surface area (Å²) in [7, 11) is 0.